The predicted molar refractivity (Wildman–Crippen MR) is 121 cm³/mol. The quantitative estimate of drug-likeness (QED) is 0.383. The molecule has 3 amide bonds. The van der Waals surface area contributed by atoms with Crippen molar-refractivity contribution in [2.75, 3.05) is 6.54 Å². The summed E-state index contributed by atoms with van der Waals surface area (Å²) in [6.07, 6.45) is 0. The van der Waals surface area contributed by atoms with Crippen LogP contribution in [0.4, 0.5) is 4.39 Å². The normalized spacial score (nSPS) is 10.4. The van der Waals surface area contributed by atoms with Crippen LogP contribution in [0, 0.1) is 5.82 Å². The van der Waals surface area contributed by atoms with Gasteiger partial charge in [0.15, 0.2) is 5.82 Å². The van der Waals surface area contributed by atoms with Gasteiger partial charge in [0, 0.05) is 11.1 Å². The number of hydrogen-bond donors (Lipinski definition) is 3. The number of nitrogens with one attached hydrogen (secondary N) is 3. The van der Waals surface area contributed by atoms with Gasteiger partial charge >= 0.3 is 5.91 Å². The van der Waals surface area contributed by atoms with E-state index in [0.29, 0.717) is 11.5 Å². The second kappa shape index (κ2) is 10.2. The van der Waals surface area contributed by atoms with Crippen LogP contribution in [-0.2, 0) is 4.79 Å². The van der Waals surface area contributed by atoms with Gasteiger partial charge in [0.1, 0.15) is 5.82 Å². The van der Waals surface area contributed by atoms with E-state index in [0.717, 1.165) is 11.6 Å². The van der Waals surface area contributed by atoms with Crippen LogP contribution in [0.2, 0.25) is 0 Å². The van der Waals surface area contributed by atoms with Crippen LogP contribution in [0.15, 0.2) is 84.9 Å². The third-order valence-corrected chi connectivity index (χ3v) is 4.65. The van der Waals surface area contributed by atoms with E-state index >= 15 is 0 Å². The van der Waals surface area contributed by atoms with Gasteiger partial charge in [-0.05, 0) is 30.3 Å². The minimum Gasteiger partial charge on any atom is -0.343 e. The fraction of sp³-hybridized carbons (Fsp3) is 0.0417. The summed E-state index contributed by atoms with van der Waals surface area (Å²) in [6.45, 7) is -0.434. The molecule has 170 valence electrons. The highest BCUT2D eigenvalue weighted by molar-refractivity contribution is 5.97. The third kappa shape index (κ3) is 5.30. The second-order valence-corrected chi connectivity index (χ2v) is 7.07. The molecule has 0 aliphatic rings. The van der Waals surface area contributed by atoms with Crippen molar-refractivity contribution in [3.8, 4) is 17.1 Å². The summed E-state index contributed by atoms with van der Waals surface area (Å²) in [7, 11) is 0. The van der Waals surface area contributed by atoms with Gasteiger partial charge in [0.2, 0.25) is 5.82 Å². The zero-order valence-corrected chi connectivity index (χ0v) is 17.7. The molecule has 1 aromatic heterocycles. The van der Waals surface area contributed by atoms with Crippen molar-refractivity contribution in [3.05, 3.63) is 102 Å². The summed E-state index contributed by atoms with van der Waals surface area (Å²) < 4.78 is 14.8. The monoisotopic (exact) mass is 458 g/mol. The molecule has 1 heterocycles. The Morgan fingerprint density at radius 1 is 0.824 bits per heavy atom. The van der Waals surface area contributed by atoms with E-state index in [2.05, 4.69) is 26.3 Å². The molecule has 0 bridgehead atoms. The van der Waals surface area contributed by atoms with E-state index in [9.17, 15) is 18.8 Å². The lowest BCUT2D eigenvalue weighted by Gasteiger charge is -2.07. The van der Waals surface area contributed by atoms with Crippen LogP contribution in [-0.4, -0.2) is 39.0 Å². The molecule has 0 spiro atoms. The first-order valence-corrected chi connectivity index (χ1v) is 10.2. The van der Waals surface area contributed by atoms with Crippen molar-refractivity contribution < 1.29 is 18.8 Å². The van der Waals surface area contributed by atoms with E-state index in [1.807, 2.05) is 60.7 Å². The number of aromatic nitrogens is 3. The molecule has 3 N–H and O–H groups in total. The average Bonchev–Trinajstić information content (AvgIpc) is 3.32. The third-order valence-electron chi connectivity index (χ3n) is 4.65. The molecule has 0 fully saturated rings. The van der Waals surface area contributed by atoms with Crippen LogP contribution >= 0.6 is 0 Å². The molecular formula is C24H19FN6O3. The molecular weight excluding hydrogens is 439 g/mol. The Morgan fingerprint density at radius 2 is 1.53 bits per heavy atom. The Hall–Kier alpha value is -4.86. The second-order valence-electron chi connectivity index (χ2n) is 7.07. The van der Waals surface area contributed by atoms with Crippen molar-refractivity contribution in [2.45, 2.75) is 0 Å². The van der Waals surface area contributed by atoms with Gasteiger partial charge in [-0.3, -0.25) is 25.2 Å². The van der Waals surface area contributed by atoms with Crippen molar-refractivity contribution >= 4 is 17.7 Å². The maximum atomic E-state index is 13.2. The van der Waals surface area contributed by atoms with Crippen molar-refractivity contribution in [2.24, 2.45) is 0 Å². The first-order chi connectivity index (χ1) is 16.5. The number of rotatable bonds is 6. The molecule has 3 aromatic carbocycles. The molecule has 0 atom stereocenters. The number of para-hydroxylation sites is 1. The van der Waals surface area contributed by atoms with Gasteiger partial charge in [0.25, 0.3) is 11.8 Å². The van der Waals surface area contributed by atoms with Crippen LogP contribution < -0.4 is 16.2 Å². The lowest BCUT2D eigenvalue weighted by molar-refractivity contribution is -0.120. The Balaban J connectivity index is 1.41. The molecule has 4 aromatic rings. The lowest BCUT2D eigenvalue weighted by atomic mass is 10.2. The molecule has 0 saturated heterocycles. The summed E-state index contributed by atoms with van der Waals surface area (Å²) >= 11 is 0. The first kappa shape index (κ1) is 22.3. The zero-order chi connectivity index (χ0) is 23.9. The topological polar surface area (TPSA) is 118 Å². The molecule has 10 heteroatoms. The lowest BCUT2D eigenvalue weighted by Crippen LogP contribution is -2.46. The van der Waals surface area contributed by atoms with Gasteiger partial charge < -0.3 is 5.32 Å². The minimum atomic E-state index is -0.739. The van der Waals surface area contributed by atoms with Crippen LogP contribution in [0.1, 0.15) is 21.0 Å². The number of hydrazine groups is 1. The summed E-state index contributed by atoms with van der Waals surface area (Å²) in [5.74, 6) is -2.34. The maximum Gasteiger partial charge on any atom is 0.309 e. The molecule has 0 radical (unpaired) electrons. The van der Waals surface area contributed by atoms with Gasteiger partial charge in [-0.1, -0.05) is 54.6 Å². The molecule has 4 rings (SSSR count). The predicted octanol–water partition coefficient (Wildman–Crippen LogP) is 2.26. The van der Waals surface area contributed by atoms with E-state index in [1.54, 1.807) is 0 Å². The standard InChI is InChI=1S/C24H19FN6O3/c25-18-11-7-10-17(14-18)23(33)26-15-20(32)28-29-24(34)21-27-22(16-8-3-1-4-9-16)31(30-21)19-12-5-2-6-13-19/h1-14H,15H2,(H,26,33)(H,28,32)(H,29,34). The zero-order valence-electron chi connectivity index (χ0n) is 17.7. The van der Waals surface area contributed by atoms with Gasteiger partial charge in [0.05, 0.1) is 12.2 Å². The number of carbonyl (C=O) groups is 3. The Labute approximate surface area is 193 Å². The van der Waals surface area contributed by atoms with E-state index < -0.39 is 30.1 Å². The minimum absolute atomic E-state index is 0.0703. The molecule has 0 aliphatic carbocycles. The first-order valence-electron chi connectivity index (χ1n) is 10.2. The Bertz CT molecular complexity index is 1270. The number of hydrogen-bond acceptors (Lipinski definition) is 5. The van der Waals surface area contributed by atoms with Crippen molar-refractivity contribution in [1.29, 1.82) is 0 Å². The number of benzene rings is 3. The summed E-state index contributed by atoms with van der Waals surface area (Å²) in [5, 5.41) is 6.64. The largest absolute Gasteiger partial charge is 0.343 e. The fourth-order valence-corrected chi connectivity index (χ4v) is 3.05. The molecule has 0 unspecified atom stereocenters. The van der Waals surface area contributed by atoms with Gasteiger partial charge in [-0.2, -0.15) is 0 Å². The van der Waals surface area contributed by atoms with Crippen LogP contribution in [0.5, 0.6) is 0 Å². The SMILES string of the molecule is O=C(CNC(=O)c1cccc(F)c1)NNC(=O)c1nc(-c2ccccc2)n(-c2ccccc2)n1. The maximum absolute atomic E-state index is 13.2. The summed E-state index contributed by atoms with van der Waals surface area (Å²) in [4.78, 5) is 41.0. The van der Waals surface area contributed by atoms with Gasteiger partial charge in [-0.15, -0.1) is 5.10 Å². The number of carbonyl (C=O) groups excluding carboxylic acids is 3. The number of nitrogens with zero attached hydrogens (tertiary/aromatic N) is 3. The van der Waals surface area contributed by atoms with Crippen molar-refractivity contribution in [1.82, 2.24) is 30.9 Å². The molecule has 0 aliphatic heterocycles. The molecule has 9 nitrogen and oxygen atoms in total. The van der Waals surface area contributed by atoms with Crippen LogP contribution in [0.3, 0.4) is 0 Å². The Kier molecular flexibility index (Phi) is 6.68. The molecule has 0 saturated carbocycles. The molecule has 34 heavy (non-hydrogen) atoms. The van der Waals surface area contributed by atoms with Crippen molar-refractivity contribution in [3.63, 3.8) is 0 Å². The van der Waals surface area contributed by atoms with E-state index in [1.165, 1.54) is 22.9 Å². The summed E-state index contributed by atoms with van der Waals surface area (Å²) in [5.41, 5.74) is 5.95. The van der Waals surface area contributed by atoms with Crippen LogP contribution in [0.25, 0.3) is 17.1 Å². The smallest absolute Gasteiger partial charge is 0.309 e. The Morgan fingerprint density at radius 3 is 2.24 bits per heavy atom. The highest BCUT2D eigenvalue weighted by Gasteiger charge is 2.19. The van der Waals surface area contributed by atoms with E-state index in [4.69, 9.17) is 0 Å². The number of halogens is 1. The summed E-state index contributed by atoms with van der Waals surface area (Å²) in [6, 6.07) is 23.5. The number of amides is 3. The van der Waals surface area contributed by atoms with Gasteiger partial charge in [-0.25, -0.2) is 14.1 Å². The van der Waals surface area contributed by atoms with E-state index in [-0.39, 0.29) is 11.4 Å². The highest BCUT2D eigenvalue weighted by Crippen LogP contribution is 2.20. The highest BCUT2D eigenvalue weighted by atomic mass is 19.1. The average molecular weight is 458 g/mol. The fourth-order valence-electron chi connectivity index (χ4n) is 3.05.